The number of aryl methyl sites for hydroxylation is 1. The van der Waals surface area contributed by atoms with Gasteiger partial charge >= 0.3 is 0 Å². The summed E-state index contributed by atoms with van der Waals surface area (Å²) in [4.78, 5) is 24.8. The number of piperidine rings is 1. The Bertz CT molecular complexity index is 974. The number of hydrogen-bond donors (Lipinski definition) is 0. The van der Waals surface area contributed by atoms with Crippen molar-refractivity contribution in [3.8, 4) is 11.3 Å². The van der Waals surface area contributed by atoms with Crippen LogP contribution in [-0.4, -0.2) is 32.9 Å². The van der Waals surface area contributed by atoms with E-state index in [4.69, 9.17) is 4.98 Å². The molecular formula is C23H25N3O. The van der Waals surface area contributed by atoms with E-state index in [9.17, 15) is 4.79 Å². The molecule has 0 radical (unpaired) electrons. The summed E-state index contributed by atoms with van der Waals surface area (Å²) in [5.74, 6) is 0.109. The highest BCUT2D eigenvalue weighted by atomic mass is 16.2. The van der Waals surface area contributed by atoms with Gasteiger partial charge in [0.2, 0.25) is 0 Å². The van der Waals surface area contributed by atoms with Crippen LogP contribution in [0.5, 0.6) is 0 Å². The first kappa shape index (κ1) is 17.7. The highest BCUT2D eigenvalue weighted by Gasteiger charge is 2.31. The average molecular weight is 359 g/mol. The van der Waals surface area contributed by atoms with Crippen LogP contribution in [0, 0.1) is 6.92 Å². The van der Waals surface area contributed by atoms with Gasteiger partial charge in [-0.25, -0.2) is 4.98 Å². The van der Waals surface area contributed by atoms with Gasteiger partial charge in [-0.05, 0) is 63.8 Å². The summed E-state index contributed by atoms with van der Waals surface area (Å²) in [6, 6.07) is 12.4. The number of carbonyl (C=O) groups excluding carboxylic acids is 1. The third-order valence-electron chi connectivity index (χ3n) is 5.66. The number of fused-ring (bicyclic) bond motifs is 1. The minimum Gasteiger partial charge on any atom is -0.333 e. The van der Waals surface area contributed by atoms with Crippen LogP contribution in [0.2, 0.25) is 0 Å². The zero-order chi connectivity index (χ0) is 19.0. The molecule has 138 valence electrons. The molecule has 3 heterocycles. The molecule has 0 N–H and O–H groups in total. The quantitative estimate of drug-likeness (QED) is 0.646. The number of carbonyl (C=O) groups is 1. The van der Waals surface area contributed by atoms with E-state index in [1.807, 2.05) is 43.3 Å². The number of benzene rings is 1. The van der Waals surface area contributed by atoms with Gasteiger partial charge in [-0.2, -0.15) is 0 Å². The molecule has 2 atom stereocenters. The number of para-hydroxylation sites is 1. The molecule has 0 saturated carbocycles. The van der Waals surface area contributed by atoms with Gasteiger partial charge in [0.25, 0.3) is 5.91 Å². The molecule has 4 rings (SSSR count). The van der Waals surface area contributed by atoms with Crippen molar-refractivity contribution < 1.29 is 4.79 Å². The molecule has 1 fully saturated rings. The van der Waals surface area contributed by atoms with Gasteiger partial charge in [0.05, 0.1) is 16.8 Å². The number of rotatable bonds is 2. The van der Waals surface area contributed by atoms with Crippen molar-refractivity contribution in [2.24, 2.45) is 0 Å². The maximum absolute atomic E-state index is 13.6. The van der Waals surface area contributed by atoms with Gasteiger partial charge in [0.15, 0.2) is 0 Å². The van der Waals surface area contributed by atoms with Gasteiger partial charge < -0.3 is 4.90 Å². The van der Waals surface area contributed by atoms with Crippen LogP contribution in [0.25, 0.3) is 22.2 Å². The zero-order valence-electron chi connectivity index (χ0n) is 16.1. The maximum Gasteiger partial charge on any atom is 0.255 e. The van der Waals surface area contributed by atoms with Crippen LogP contribution < -0.4 is 0 Å². The van der Waals surface area contributed by atoms with Crippen LogP contribution >= 0.6 is 0 Å². The van der Waals surface area contributed by atoms with Crippen LogP contribution in [0.1, 0.15) is 49.0 Å². The monoisotopic (exact) mass is 359 g/mol. The van der Waals surface area contributed by atoms with Crippen molar-refractivity contribution in [1.82, 2.24) is 14.9 Å². The van der Waals surface area contributed by atoms with Crippen LogP contribution in [0.15, 0.2) is 48.8 Å². The number of amides is 1. The first-order valence-electron chi connectivity index (χ1n) is 9.69. The molecule has 0 unspecified atom stereocenters. The summed E-state index contributed by atoms with van der Waals surface area (Å²) in [5.41, 5.74) is 4.43. The van der Waals surface area contributed by atoms with Crippen molar-refractivity contribution in [2.45, 2.75) is 52.1 Å². The second-order valence-corrected chi connectivity index (χ2v) is 7.61. The largest absolute Gasteiger partial charge is 0.333 e. The molecule has 1 amide bonds. The van der Waals surface area contributed by atoms with Gasteiger partial charge in [-0.3, -0.25) is 9.78 Å². The molecule has 1 saturated heterocycles. The smallest absolute Gasteiger partial charge is 0.255 e. The summed E-state index contributed by atoms with van der Waals surface area (Å²) in [6.07, 6.45) is 6.86. The van der Waals surface area contributed by atoms with E-state index < -0.39 is 0 Å². The SMILES string of the molecule is Cc1cccc2c(C(=O)N3[C@H](C)CCC[C@H]3C)cc(-c3cccnc3)nc12. The molecule has 1 aliphatic rings. The number of pyridine rings is 2. The molecule has 4 heteroatoms. The highest BCUT2D eigenvalue weighted by molar-refractivity contribution is 6.08. The number of hydrogen-bond acceptors (Lipinski definition) is 3. The lowest BCUT2D eigenvalue weighted by Crippen LogP contribution is -2.47. The Labute approximate surface area is 160 Å². The van der Waals surface area contributed by atoms with E-state index in [0.29, 0.717) is 0 Å². The third kappa shape index (κ3) is 3.20. The van der Waals surface area contributed by atoms with E-state index in [0.717, 1.165) is 46.1 Å². The summed E-state index contributed by atoms with van der Waals surface area (Å²) < 4.78 is 0. The Kier molecular flexibility index (Phi) is 4.65. The fourth-order valence-corrected chi connectivity index (χ4v) is 4.19. The number of nitrogens with zero attached hydrogens (tertiary/aromatic N) is 3. The fraction of sp³-hybridized carbons (Fsp3) is 0.348. The zero-order valence-corrected chi connectivity index (χ0v) is 16.1. The topological polar surface area (TPSA) is 46.1 Å². The van der Waals surface area contributed by atoms with Crippen molar-refractivity contribution in [3.05, 3.63) is 59.9 Å². The fourth-order valence-electron chi connectivity index (χ4n) is 4.19. The van der Waals surface area contributed by atoms with E-state index in [2.05, 4.69) is 23.7 Å². The van der Waals surface area contributed by atoms with Crippen molar-refractivity contribution in [3.63, 3.8) is 0 Å². The predicted molar refractivity (Wildman–Crippen MR) is 109 cm³/mol. The highest BCUT2D eigenvalue weighted by Crippen LogP contribution is 2.30. The van der Waals surface area contributed by atoms with E-state index in [1.165, 1.54) is 6.42 Å². The van der Waals surface area contributed by atoms with E-state index in [-0.39, 0.29) is 18.0 Å². The molecule has 0 bridgehead atoms. The van der Waals surface area contributed by atoms with Crippen LogP contribution in [0.3, 0.4) is 0 Å². The summed E-state index contributed by atoms with van der Waals surface area (Å²) in [7, 11) is 0. The summed E-state index contributed by atoms with van der Waals surface area (Å²) >= 11 is 0. The Morgan fingerprint density at radius 2 is 1.89 bits per heavy atom. The second-order valence-electron chi connectivity index (χ2n) is 7.61. The first-order valence-corrected chi connectivity index (χ1v) is 9.69. The lowest BCUT2D eigenvalue weighted by atomic mass is 9.95. The average Bonchev–Trinajstić information content (AvgIpc) is 2.68. The third-order valence-corrected chi connectivity index (χ3v) is 5.66. The molecule has 4 nitrogen and oxygen atoms in total. The van der Waals surface area contributed by atoms with Crippen molar-refractivity contribution >= 4 is 16.8 Å². The summed E-state index contributed by atoms with van der Waals surface area (Å²) in [6.45, 7) is 6.36. The van der Waals surface area contributed by atoms with Gasteiger partial charge in [0.1, 0.15) is 0 Å². The first-order chi connectivity index (χ1) is 13.1. The number of likely N-dealkylation sites (tertiary alicyclic amines) is 1. The number of aromatic nitrogens is 2. The molecule has 27 heavy (non-hydrogen) atoms. The van der Waals surface area contributed by atoms with Crippen LogP contribution in [-0.2, 0) is 0 Å². The second kappa shape index (κ2) is 7.10. The minimum atomic E-state index is 0.109. The molecule has 0 spiro atoms. The Morgan fingerprint density at radius 1 is 1.11 bits per heavy atom. The molecule has 2 aromatic heterocycles. The normalized spacial score (nSPS) is 20.0. The van der Waals surface area contributed by atoms with Gasteiger partial charge in [-0.15, -0.1) is 0 Å². The van der Waals surface area contributed by atoms with Crippen LogP contribution in [0.4, 0.5) is 0 Å². The minimum absolute atomic E-state index is 0.109. The Hall–Kier alpha value is -2.75. The standard InChI is InChI=1S/C23H25N3O/c1-15-7-4-11-19-20(23(27)26-16(2)8-5-9-17(26)3)13-21(25-22(15)19)18-10-6-12-24-14-18/h4,6-7,10-14,16-17H,5,8-9H2,1-3H3/t16-,17-/m1/s1. The molecule has 1 aliphatic heterocycles. The van der Waals surface area contributed by atoms with Crippen molar-refractivity contribution in [1.29, 1.82) is 0 Å². The summed E-state index contributed by atoms with van der Waals surface area (Å²) in [5, 5.41) is 0.928. The van der Waals surface area contributed by atoms with E-state index >= 15 is 0 Å². The molecular weight excluding hydrogens is 334 g/mol. The molecule has 1 aromatic carbocycles. The maximum atomic E-state index is 13.6. The Morgan fingerprint density at radius 3 is 2.59 bits per heavy atom. The van der Waals surface area contributed by atoms with Gasteiger partial charge in [-0.1, -0.05) is 18.2 Å². The van der Waals surface area contributed by atoms with Gasteiger partial charge in [0, 0.05) is 35.4 Å². The lowest BCUT2D eigenvalue weighted by Gasteiger charge is -2.39. The lowest BCUT2D eigenvalue weighted by molar-refractivity contribution is 0.0513. The van der Waals surface area contributed by atoms with Crippen molar-refractivity contribution in [2.75, 3.05) is 0 Å². The van der Waals surface area contributed by atoms with E-state index in [1.54, 1.807) is 12.4 Å². The molecule has 0 aliphatic carbocycles. The predicted octanol–water partition coefficient (Wildman–Crippen LogP) is 5.01. The Balaban J connectivity index is 1.91. The molecule has 3 aromatic rings.